The summed E-state index contributed by atoms with van der Waals surface area (Å²) in [7, 11) is 0.839. The van der Waals surface area contributed by atoms with Gasteiger partial charge in [-0.25, -0.2) is 8.42 Å². The van der Waals surface area contributed by atoms with Crippen LogP contribution in [0.1, 0.15) is 36.2 Å². The largest absolute Gasteiger partial charge is 0.491 e. The molecular formula is C23H30N2O4S. The number of anilines is 1. The molecule has 0 saturated carbocycles. The van der Waals surface area contributed by atoms with Crippen LogP contribution in [0.5, 0.6) is 5.75 Å². The number of rotatable bonds is 7. The second kappa shape index (κ2) is 9.08. The first-order chi connectivity index (χ1) is 14.1. The van der Waals surface area contributed by atoms with Crippen molar-refractivity contribution in [3.05, 3.63) is 59.7 Å². The van der Waals surface area contributed by atoms with Crippen molar-refractivity contribution in [2.45, 2.75) is 39.0 Å². The lowest BCUT2D eigenvalue weighted by atomic mass is 10.1. The molecule has 0 bridgehead atoms. The molecule has 30 heavy (non-hydrogen) atoms. The van der Waals surface area contributed by atoms with E-state index in [2.05, 4.69) is 0 Å². The van der Waals surface area contributed by atoms with E-state index in [4.69, 9.17) is 4.74 Å². The third kappa shape index (κ3) is 5.53. The summed E-state index contributed by atoms with van der Waals surface area (Å²) < 4.78 is 29.8. The number of hydrogen-bond donors (Lipinski definition) is 0. The van der Waals surface area contributed by atoms with E-state index >= 15 is 0 Å². The van der Waals surface area contributed by atoms with Crippen LogP contribution in [0.15, 0.2) is 48.5 Å². The van der Waals surface area contributed by atoms with Gasteiger partial charge in [-0.3, -0.25) is 4.79 Å². The van der Waals surface area contributed by atoms with Crippen molar-refractivity contribution in [3.63, 3.8) is 0 Å². The number of ether oxygens (including phenoxy) is 1. The summed E-state index contributed by atoms with van der Waals surface area (Å²) in [5.74, 6) is 0.686. The summed E-state index contributed by atoms with van der Waals surface area (Å²) in [4.78, 5) is 17.1. The zero-order valence-corrected chi connectivity index (χ0v) is 18.9. The molecule has 1 fully saturated rings. The lowest BCUT2D eigenvalue weighted by molar-refractivity contribution is 0.0681. The molecule has 2 aromatic carbocycles. The molecule has 1 heterocycles. The first-order valence-electron chi connectivity index (χ1n) is 10.2. The Hall–Kier alpha value is -2.54. The highest BCUT2D eigenvalue weighted by Crippen LogP contribution is 2.24. The van der Waals surface area contributed by atoms with E-state index < -0.39 is 9.84 Å². The van der Waals surface area contributed by atoms with E-state index in [1.807, 2.05) is 57.1 Å². The summed E-state index contributed by atoms with van der Waals surface area (Å²) in [6.45, 7) is 4.27. The van der Waals surface area contributed by atoms with Crippen molar-refractivity contribution in [2.75, 3.05) is 30.5 Å². The minimum absolute atomic E-state index is 0.0169. The number of nitrogens with zero attached hydrogens (tertiary/aromatic N) is 2. The van der Waals surface area contributed by atoms with Crippen LogP contribution in [0.4, 0.5) is 5.69 Å². The first-order valence-corrected chi connectivity index (χ1v) is 12.0. The van der Waals surface area contributed by atoms with Crippen LogP contribution in [-0.2, 0) is 16.4 Å². The Morgan fingerprint density at radius 3 is 2.20 bits per heavy atom. The number of benzene rings is 2. The maximum Gasteiger partial charge on any atom is 0.254 e. The Morgan fingerprint density at radius 2 is 1.70 bits per heavy atom. The van der Waals surface area contributed by atoms with Crippen molar-refractivity contribution in [3.8, 4) is 5.75 Å². The monoisotopic (exact) mass is 430 g/mol. The number of hydrogen-bond acceptors (Lipinski definition) is 5. The number of amides is 1. The van der Waals surface area contributed by atoms with Crippen LogP contribution in [0, 0.1) is 0 Å². The van der Waals surface area contributed by atoms with Gasteiger partial charge < -0.3 is 14.5 Å². The fourth-order valence-corrected chi connectivity index (χ4v) is 5.33. The second-order valence-electron chi connectivity index (χ2n) is 8.24. The summed E-state index contributed by atoms with van der Waals surface area (Å²) in [6, 6.07) is 14.7. The predicted octanol–water partition coefficient (Wildman–Crippen LogP) is 3.37. The maximum atomic E-state index is 13.3. The fourth-order valence-electron chi connectivity index (χ4n) is 3.60. The molecule has 0 spiro atoms. The minimum atomic E-state index is -3.11. The Morgan fingerprint density at radius 1 is 1.07 bits per heavy atom. The third-order valence-corrected chi connectivity index (χ3v) is 6.94. The summed E-state index contributed by atoms with van der Waals surface area (Å²) in [5.41, 5.74) is 2.57. The Labute approximate surface area is 179 Å². The zero-order valence-electron chi connectivity index (χ0n) is 18.0. The van der Waals surface area contributed by atoms with Crippen molar-refractivity contribution in [2.24, 2.45) is 0 Å². The van der Waals surface area contributed by atoms with Gasteiger partial charge in [0.25, 0.3) is 5.91 Å². The van der Waals surface area contributed by atoms with Gasteiger partial charge in [0, 0.05) is 37.9 Å². The molecule has 0 radical (unpaired) electrons. The molecule has 1 atom stereocenters. The average Bonchev–Trinajstić information content (AvgIpc) is 3.05. The van der Waals surface area contributed by atoms with E-state index in [1.54, 1.807) is 29.2 Å². The van der Waals surface area contributed by atoms with Crippen LogP contribution in [0.3, 0.4) is 0 Å². The molecular weight excluding hydrogens is 400 g/mol. The van der Waals surface area contributed by atoms with Crippen molar-refractivity contribution in [1.29, 1.82) is 0 Å². The van der Waals surface area contributed by atoms with E-state index in [-0.39, 0.29) is 29.6 Å². The fraction of sp³-hybridized carbons (Fsp3) is 0.435. The summed E-state index contributed by atoms with van der Waals surface area (Å²) in [6.07, 6.45) is 0.523. The van der Waals surface area contributed by atoms with Crippen molar-refractivity contribution >= 4 is 21.4 Å². The van der Waals surface area contributed by atoms with Gasteiger partial charge in [-0.1, -0.05) is 12.1 Å². The topological polar surface area (TPSA) is 66.9 Å². The standard InChI is InChI=1S/C23H30N2O4S/c1-17(2)29-22-11-7-19(8-12-22)23(26)25(21-13-14-30(27,28)16-21)15-18-5-9-20(10-6-18)24(3)4/h5-12,17,21H,13-16H2,1-4H3. The quantitative estimate of drug-likeness (QED) is 0.674. The molecule has 0 aromatic heterocycles. The van der Waals surface area contributed by atoms with E-state index in [0.29, 0.717) is 24.3 Å². The van der Waals surface area contributed by atoms with Gasteiger partial charge in [0.1, 0.15) is 5.75 Å². The highest BCUT2D eigenvalue weighted by Gasteiger charge is 2.35. The van der Waals surface area contributed by atoms with Gasteiger partial charge in [-0.05, 0) is 62.2 Å². The summed E-state index contributed by atoms with van der Waals surface area (Å²) in [5, 5.41) is 0. The Kier molecular flexibility index (Phi) is 6.71. The molecule has 0 aliphatic carbocycles. The van der Waals surface area contributed by atoms with Crippen LogP contribution in [-0.4, -0.2) is 57.0 Å². The van der Waals surface area contributed by atoms with E-state index in [1.165, 1.54) is 0 Å². The molecule has 1 saturated heterocycles. The average molecular weight is 431 g/mol. The van der Waals surface area contributed by atoms with Gasteiger partial charge in [0.05, 0.1) is 17.6 Å². The smallest absolute Gasteiger partial charge is 0.254 e. The lowest BCUT2D eigenvalue weighted by Crippen LogP contribution is -2.40. The van der Waals surface area contributed by atoms with Crippen LogP contribution < -0.4 is 9.64 Å². The second-order valence-corrected chi connectivity index (χ2v) is 10.5. The molecule has 1 aliphatic rings. The van der Waals surface area contributed by atoms with Crippen LogP contribution in [0.25, 0.3) is 0 Å². The van der Waals surface area contributed by atoms with Crippen molar-refractivity contribution < 1.29 is 17.9 Å². The van der Waals surface area contributed by atoms with Crippen LogP contribution >= 0.6 is 0 Å². The SMILES string of the molecule is CC(C)Oc1ccc(C(=O)N(Cc2ccc(N(C)C)cc2)C2CCS(=O)(=O)C2)cc1. The van der Waals surface area contributed by atoms with Gasteiger partial charge >= 0.3 is 0 Å². The highest BCUT2D eigenvalue weighted by molar-refractivity contribution is 7.91. The minimum Gasteiger partial charge on any atom is -0.491 e. The van der Waals surface area contributed by atoms with Gasteiger partial charge in [0.2, 0.25) is 0 Å². The molecule has 6 nitrogen and oxygen atoms in total. The molecule has 7 heteroatoms. The molecule has 1 aliphatic heterocycles. The lowest BCUT2D eigenvalue weighted by Gasteiger charge is -2.29. The first kappa shape index (κ1) is 22.2. The number of sulfone groups is 1. The molecule has 1 unspecified atom stereocenters. The normalized spacial score (nSPS) is 17.7. The zero-order chi connectivity index (χ0) is 21.9. The van der Waals surface area contributed by atoms with Crippen LogP contribution in [0.2, 0.25) is 0 Å². The number of carbonyl (C=O) groups is 1. The number of carbonyl (C=O) groups excluding carboxylic acids is 1. The van der Waals surface area contributed by atoms with E-state index in [9.17, 15) is 13.2 Å². The molecule has 0 N–H and O–H groups in total. The molecule has 1 amide bonds. The molecule has 162 valence electrons. The maximum absolute atomic E-state index is 13.3. The Bertz CT molecular complexity index is 967. The Balaban J connectivity index is 1.84. The molecule has 2 aromatic rings. The highest BCUT2D eigenvalue weighted by atomic mass is 32.2. The van der Waals surface area contributed by atoms with Gasteiger partial charge in [0.15, 0.2) is 9.84 Å². The molecule has 3 rings (SSSR count). The van der Waals surface area contributed by atoms with Gasteiger partial charge in [-0.2, -0.15) is 0 Å². The van der Waals surface area contributed by atoms with E-state index in [0.717, 1.165) is 11.3 Å². The summed E-state index contributed by atoms with van der Waals surface area (Å²) >= 11 is 0. The predicted molar refractivity (Wildman–Crippen MR) is 120 cm³/mol. The third-order valence-electron chi connectivity index (χ3n) is 5.19. The van der Waals surface area contributed by atoms with Gasteiger partial charge in [-0.15, -0.1) is 0 Å². The van der Waals surface area contributed by atoms with Crippen molar-refractivity contribution in [1.82, 2.24) is 4.90 Å².